The summed E-state index contributed by atoms with van der Waals surface area (Å²) in [5, 5.41) is 11.3. The van der Waals surface area contributed by atoms with Gasteiger partial charge in [-0.2, -0.15) is 0 Å². The van der Waals surface area contributed by atoms with E-state index in [0.717, 1.165) is 62.6 Å². The molecule has 0 saturated heterocycles. The molecule has 35 heavy (non-hydrogen) atoms. The van der Waals surface area contributed by atoms with Crippen molar-refractivity contribution < 1.29 is 14.6 Å². The summed E-state index contributed by atoms with van der Waals surface area (Å²) < 4.78 is 8.21. The molecule has 2 aromatic heterocycles. The summed E-state index contributed by atoms with van der Waals surface area (Å²) >= 11 is 6.28. The zero-order valence-electron chi connectivity index (χ0n) is 20.7. The Kier molecular flexibility index (Phi) is 7.46. The molecule has 0 aliphatic heterocycles. The van der Waals surface area contributed by atoms with Gasteiger partial charge in [0.15, 0.2) is 0 Å². The largest absolute Gasteiger partial charge is 0.494 e. The number of fused-ring (bicyclic) bond motifs is 1. The third-order valence-electron chi connectivity index (χ3n) is 6.58. The molecule has 6 heteroatoms. The minimum atomic E-state index is -0.799. The fourth-order valence-electron chi connectivity index (χ4n) is 4.83. The molecule has 0 fully saturated rings. The Balaban J connectivity index is 1.65. The average molecular weight is 491 g/mol. The lowest BCUT2D eigenvalue weighted by Gasteiger charge is -2.12. The van der Waals surface area contributed by atoms with Gasteiger partial charge in [-0.15, -0.1) is 0 Å². The minimum absolute atomic E-state index is 0.0755. The Bertz CT molecular complexity index is 1370. The lowest BCUT2D eigenvalue weighted by Crippen LogP contribution is -2.07. The first kappa shape index (κ1) is 24.8. The molecule has 0 aliphatic rings. The molecule has 2 aromatic carbocycles. The van der Waals surface area contributed by atoms with E-state index in [4.69, 9.17) is 16.3 Å². The normalized spacial score (nSPS) is 11.2. The standard InChI is InChI=1S/C29H31ClN2O3/c1-18-15-22(16-19(2)28(18)30)35-14-6-9-24-21(4)32(13-11-27(33)34)29-25(7-5-8-26(24)29)23-10-12-31-17-20(23)3/h5,7-8,10,12,15-17H,6,9,11,13-14H2,1-4H3,(H,33,34). The second-order valence-corrected chi connectivity index (χ2v) is 9.45. The van der Waals surface area contributed by atoms with E-state index in [2.05, 4.69) is 41.6 Å². The molecule has 1 N–H and O–H groups in total. The number of rotatable bonds is 9. The predicted molar refractivity (Wildman–Crippen MR) is 142 cm³/mol. The van der Waals surface area contributed by atoms with Crippen molar-refractivity contribution in [2.24, 2.45) is 0 Å². The van der Waals surface area contributed by atoms with Crippen molar-refractivity contribution >= 4 is 28.5 Å². The monoisotopic (exact) mass is 490 g/mol. The Labute approximate surface area is 211 Å². The summed E-state index contributed by atoms with van der Waals surface area (Å²) in [5.74, 6) is 0.0350. The van der Waals surface area contributed by atoms with Crippen molar-refractivity contribution in [3.8, 4) is 16.9 Å². The van der Waals surface area contributed by atoms with Gasteiger partial charge in [0.1, 0.15) is 5.75 Å². The van der Waals surface area contributed by atoms with Gasteiger partial charge in [0.05, 0.1) is 18.5 Å². The summed E-state index contributed by atoms with van der Waals surface area (Å²) in [5.41, 5.74) is 8.77. The Morgan fingerprint density at radius 3 is 2.49 bits per heavy atom. The van der Waals surface area contributed by atoms with Crippen LogP contribution in [-0.2, 0) is 17.8 Å². The van der Waals surface area contributed by atoms with Gasteiger partial charge in [0.25, 0.3) is 0 Å². The number of carboxylic acid groups (broad SMARTS) is 1. The molecule has 4 rings (SSSR count). The number of aromatic nitrogens is 2. The Morgan fingerprint density at radius 1 is 1.06 bits per heavy atom. The van der Waals surface area contributed by atoms with E-state index in [1.807, 2.05) is 38.2 Å². The highest BCUT2D eigenvalue weighted by Gasteiger charge is 2.19. The molecule has 5 nitrogen and oxygen atoms in total. The van der Waals surface area contributed by atoms with E-state index < -0.39 is 5.97 Å². The van der Waals surface area contributed by atoms with Crippen LogP contribution in [0.1, 0.15) is 40.8 Å². The van der Waals surface area contributed by atoms with E-state index in [0.29, 0.717) is 13.2 Å². The van der Waals surface area contributed by atoms with Crippen LogP contribution >= 0.6 is 11.6 Å². The number of nitrogens with zero attached hydrogens (tertiary/aromatic N) is 2. The molecule has 4 aromatic rings. The van der Waals surface area contributed by atoms with Crippen LogP contribution in [0.4, 0.5) is 0 Å². The van der Waals surface area contributed by atoms with Crippen LogP contribution in [-0.4, -0.2) is 27.2 Å². The molecule has 0 bridgehead atoms. The first-order valence-electron chi connectivity index (χ1n) is 11.9. The molecule has 0 spiro atoms. The van der Waals surface area contributed by atoms with Gasteiger partial charge in [-0.05, 0) is 86.6 Å². The highest BCUT2D eigenvalue weighted by Crippen LogP contribution is 2.36. The summed E-state index contributed by atoms with van der Waals surface area (Å²) in [7, 11) is 0. The fourth-order valence-corrected chi connectivity index (χ4v) is 4.94. The van der Waals surface area contributed by atoms with E-state index in [1.165, 1.54) is 10.9 Å². The number of pyridine rings is 1. The number of carbonyl (C=O) groups is 1. The predicted octanol–water partition coefficient (Wildman–Crippen LogP) is 7.08. The third-order valence-corrected chi connectivity index (χ3v) is 7.18. The summed E-state index contributed by atoms with van der Waals surface area (Å²) in [6.07, 6.45) is 5.43. The molecule has 0 unspecified atom stereocenters. The molecular formula is C29H31ClN2O3. The average Bonchev–Trinajstić information content (AvgIpc) is 3.10. The van der Waals surface area contributed by atoms with Gasteiger partial charge >= 0.3 is 5.97 Å². The van der Waals surface area contributed by atoms with Crippen LogP contribution in [0.2, 0.25) is 5.02 Å². The summed E-state index contributed by atoms with van der Waals surface area (Å²) in [6.45, 7) is 9.13. The van der Waals surface area contributed by atoms with Crippen molar-refractivity contribution in [3.05, 3.63) is 81.8 Å². The fraction of sp³-hybridized carbons (Fsp3) is 0.310. The highest BCUT2D eigenvalue weighted by molar-refractivity contribution is 6.32. The maximum absolute atomic E-state index is 11.4. The highest BCUT2D eigenvalue weighted by atomic mass is 35.5. The number of ether oxygens (including phenoxy) is 1. The first-order chi connectivity index (χ1) is 16.8. The van der Waals surface area contributed by atoms with Crippen LogP contribution < -0.4 is 4.74 Å². The molecular weight excluding hydrogens is 460 g/mol. The minimum Gasteiger partial charge on any atom is -0.494 e. The topological polar surface area (TPSA) is 64.4 Å². The van der Waals surface area contributed by atoms with Crippen molar-refractivity contribution in [2.45, 2.75) is 53.5 Å². The quantitative estimate of drug-likeness (QED) is 0.255. The number of aliphatic carboxylic acids is 1. The van der Waals surface area contributed by atoms with Gasteiger partial charge < -0.3 is 14.4 Å². The van der Waals surface area contributed by atoms with Crippen molar-refractivity contribution in [3.63, 3.8) is 0 Å². The van der Waals surface area contributed by atoms with E-state index in [1.54, 1.807) is 6.20 Å². The molecule has 0 atom stereocenters. The van der Waals surface area contributed by atoms with Crippen LogP contribution in [0, 0.1) is 27.7 Å². The molecule has 0 radical (unpaired) electrons. The maximum atomic E-state index is 11.4. The number of halogens is 1. The van der Waals surface area contributed by atoms with Crippen LogP contribution in [0.5, 0.6) is 5.75 Å². The lowest BCUT2D eigenvalue weighted by molar-refractivity contribution is -0.137. The van der Waals surface area contributed by atoms with E-state index >= 15 is 0 Å². The van der Waals surface area contributed by atoms with Gasteiger partial charge in [-0.25, -0.2) is 0 Å². The number of hydrogen-bond acceptors (Lipinski definition) is 3. The number of para-hydroxylation sites is 1. The molecule has 0 amide bonds. The van der Waals surface area contributed by atoms with Crippen LogP contribution in [0.25, 0.3) is 22.0 Å². The number of carboxylic acids is 1. The van der Waals surface area contributed by atoms with Crippen molar-refractivity contribution in [2.75, 3.05) is 6.61 Å². The molecule has 182 valence electrons. The maximum Gasteiger partial charge on any atom is 0.305 e. The van der Waals surface area contributed by atoms with Gasteiger partial charge in [0.2, 0.25) is 0 Å². The zero-order chi connectivity index (χ0) is 25.1. The van der Waals surface area contributed by atoms with E-state index in [9.17, 15) is 9.90 Å². The first-order valence-corrected chi connectivity index (χ1v) is 12.3. The second-order valence-electron chi connectivity index (χ2n) is 9.07. The van der Waals surface area contributed by atoms with Crippen molar-refractivity contribution in [1.29, 1.82) is 0 Å². The number of benzene rings is 2. The van der Waals surface area contributed by atoms with Crippen LogP contribution in [0.3, 0.4) is 0 Å². The second kappa shape index (κ2) is 10.5. The summed E-state index contributed by atoms with van der Waals surface area (Å²) in [6, 6.07) is 12.3. The summed E-state index contributed by atoms with van der Waals surface area (Å²) in [4.78, 5) is 15.6. The number of aryl methyl sites for hydroxylation is 5. The third kappa shape index (κ3) is 5.20. The zero-order valence-corrected chi connectivity index (χ0v) is 21.4. The number of hydrogen-bond donors (Lipinski definition) is 1. The molecule has 2 heterocycles. The van der Waals surface area contributed by atoms with Gasteiger partial charge in [-0.3, -0.25) is 9.78 Å². The smallest absolute Gasteiger partial charge is 0.305 e. The van der Waals surface area contributed by atoms with Crippen molar-refractivity contribution in [1.82, 2.24) is 9.55 Å². The Hall–Kier alpha value is -3.31. The van der Waals surface area contributed by atoms with E-state index in [-0.39, 0.29) is 6.42 Å². The SMILES string of the molecule is Cc1cnccc1-c1cccc2c(CCCOc3cc(C)c(Cl)c(C)c3)c(C)n(CCC(=O)O)c12. The van der Waals surface area contributed by atoms with Gasteiger partial charge in [-0.1, -0.05) is 29.8 Å². The van der Waals surface area contributed by atoms with Gasteiger partial charge in [0, 0.05) is 40.6 Å². The van der Waals surface area contributed by atoms with Crippen LogP contribution in [0.15, 0.2) is 48.8 Å². The Morgan fingerprint density at radius 2 is 1.80 bits per heavy atom. The molecule has 0 saturated carbocycles. The molecule has 0 aliphatic carbocycles. The lowest BCUT2D eigenvalue weighted by atomic mass is 9.98.